The molecule has 0 saturated carbocycles. The largest absolute Gasteiger partial charge is 0.508 e. The Morgan fingerprint density at radius 2 is 1.98 bits per heavy atom. The molecule has 3 N–H and O–H groups in total. The predicted octanol–water partition coefficient (Wildman–Crippen LogP) is 3.03. The van der Waals surface area contributed by atoms with E-state index in [9.17, 15) is 5.11 Å². The standard InChI is InChI=1S/C35H41N7O2/c1-2-22-5-3-6-23-13-27(43)14-30(32(22)23)40-12-9-28-29(20-40)38-34(39-33(28)41-18-25-7-8-26(19-41)37-25)44-21-35-10-4-11-42(35)31-17-36-16-24(31)15-35/h1,3,5-6,13-14,24-26,31,36-37,43H,4,7-12,15-21H2. The Kier molecular flexibility index (Phi) is 6.23. The third kappa shape index (κ3) is 4.26. The van der Waals surface area contributed by atoms with E-state index >= 15 is 0 Å². The molecule has 6 aliphatic rings. The molecule has 0 spiro atoms. The Hall–Kier alpha value is -3.58. The van der Waals surface area contributed by atoms with Crippen molar-refractivity contribution in [2.45, 2.75) is 68.7 Å². The summed E-state index contributed by atoms with van der Waals surface area (Å²) >= 11 is 0. The zero-order valence-electron chi connectivity index (χ0n) is 25.3. The maximum atomic E-state index is 10.7. The maximum Gasteiger partial charge on any atom is 0.318 e. The monoisotopic (exact) mass is 591 g/mol. The molecule has 3 aromatic rings. The zero-order chi connectivity index (χ0) is 29.4. The molecule has 44 heavy (non-hydrogen) atoms. The Morgan fingerprint density at radius 1 is 1.09 bits per heavy atom. The second kappa shape index (κ2) is 10.2. The van der Waals surface area contributed by atoms with E-state index in [0.717, 1.165) is 72.7 Å². The molecule has 5 unspecified atom stereocenters. The third-order valence-electron chi connectivity index (χ3n) is 11.4. The van der Waals surface area contributed by atoms with E-state index in [1.807, 2.05) is 24.3 Å². The number of aromatic nitrogens is 2. The third-order valence-corrected chi connectivity index (χ3v) is 11.4. The molecular weight excluding hydrogens is 550 g/mol. The van der Waals surface area contributed by atoms with Gasteiger partial charge in [-0.05, 0) is 75.1 Å². The molecule has 1 aromatic heterocycles. The summed E-state index contributed by atoms with van der Waals surface area (Å²) in [4.78, 5) is 17.9. The molecule has 5 atom stereocenters. The van der Waals surface area contributed by atoms with Gasteiger partial charge in [-0.15, -0.1) is 6.42 Å². The lowest BCUT2D eigenvalue weighted by atomic mass is 9.90. The van der Waals surface area contributed by atoms with E-state index in [4.69, 9.17) is 21.1 Å². The summed E-state index contributed by atoms with van der Waals surface area (Å²) < 4.78 is 6.68. The second-order valence-corrected chi connectivity index (χ2v) is 14.0. The molecule has 5 fully saturated rings. The van der Waals surface area contributed by atoms with Crippen LogP contribution in [0, 0.1) is 18.3 Å². The Morgan fingerprint density at radius 3 is 2.84 bits per heavy atom. The van der Waals surface area contributed by atoms with Crippen molar-refractivity contribution in [1.82, 2.24) is 25.5 Å². The number of benzene rings is 2. The number of nitrogens with one attached hydrogen (secondary N) is 2. The van der Waals surface area contributed by atoms with Crippen LogP contribution in [0.15, 0.2) is 30.3 Å². The fraction of sp³-hybridized carbons (Fsp3) is 0.543. The van der Waals surface area contributed by atoms with Gasteiger partial charge in [-0.2, -0.15) is 9.97 Å². The number of phenols is 1. The van der Waals surface area contributed by atoms with Crippen LogP contribution in [0.3, 0.4) is 0 Å². The first kappa shape index (κ1) is 26.8. The SMILES string of the molecule is C#Cc1cccc2cc(O)cc(N3CCc4c(nc(OCC56CCCN5C5CNCC5C6)nc4N4CC5CCC(C4)N5)C3)c12. The Bertz CT molecular complexity index is 1660. The van der Waals surface area contributed by atoms with Gasteiger partial charge in [0, 0.05) is 72.6 Å². The number of hydrogen-bond donors (Lipinski definition) is 3. The van der Waals surface area contributed by atoms with Gasteiger partial charge in [0.25, 0.3) is 0 Å². The van der Waals surface area contributed by atoms with E-state index in [1.54, 1.807) is 6.07 Å². The number of ether oxygens (including phenoxy) is 1. The minimum Gasteiger partial charge on any atom is -0.508 e. The molecule has 0 radical (unpaired) electrons. The van der Waals surface area contributed by atoms with E-state index in [-0.39, 0.29) is 11.3 Å². The van der Waals surface area contributed by atoms with Crippen LogP contribution in [0.25, 0.3) is 10.8 Å². The van der Waals surface area contributed by atoms with Gasteiger partial charge in [0.2, 0.25) is 0 Å². The normalized spacial score (nSPS) is 30.8. The van der Waals surface area contributed by atoms with Crippen LogP contribution >= 0.6 is 0 Å². The van der Waals surface area contributed by atoms with Gasteiger partial charge < -0.3 is 30.3 Å². The van der Waals surface area contributed by atoms with Crippen LogP contribution in [0.4, 0.5) is 11.5 Å². The predicted molar refractivity (Wildman–Crippen MR) is 171 cm³/mol. The zero-order valence-corrected chi connectivity index (χ0v) is 25.3. The van der Waals surface area contributed by atoms with Crippen molar-refractivity contribution in [2.24, 2.45) is 5.92 Å². The van der Waals surface area contributed by atoms with Crippen LogP contribution in [-0.2, 0) is 13.0 Å². The van der Waals surface area contributed by atoms with Gasteiger partial charge in [-0.3, -0.25) is 4.90 Å². The average Bonchev–Trinajstić information content (AvgIpc) is 3.80. The molecule has 0 amide bonds. The number of hydrogen-bond acceptors (Lipinski definition) is 9. The number of aromatic hydroxyl groups is 1. The number of rotatable bonds is 5. The van der Waals surface area contributed by atoms with Crippen molar-refractivity contribution in [3.8, 4) is 24.1 Å². The summed E-state index contributed by atoms with van der Waals surface area (Å²) in [6.45, 7) is 7.39. The van der Waals surface area contributed by atoms with Crippen LogP contribution < -0.4 is 25.2 Å². The van der Waals surface area contributed by atoms with E-state index in [1.165, 1.54) is 44.2 Å². The van der Waals surface area contributed by atoms with Crippen molar-refractivity contribution in [2.75, 3.05) is 55.7 Å². The van der Waals surface area contributed by atoms with Crippen LogP contribution in [-0.4, -0.2) is 89.5 Å². The van der Waals surface area contributed by atoms with Crippen molar-refractivity contribution in [3.05, 3.63) is 47.2 Å². The molecule has 9 rings (SSSR count). The van der Waals surface area contributed by atoms with Gasteiger partial charge in [-0.25, -0.2) is 0 Å². The number of phenolic OH excluding ortho intramolecular Hbond substituents is 1. The molecule has 6 aliphatic heterocycles. The number of piperazine rings is 1. The minimum absolute atomic E-state index is 0.100. The summed E-state index contributed by atoms with van der Waals surface area (Å²) in [5, 5.41) is 20.0. The Balaban J connectivity index is 1.07. The number of nitrogens with zero attached hydrogens (tertiary/aromatic N) is 5. The summed E-state index contributed by atoms with van der Waals surface area (Å²) in [6, 6.07) is 11.8. The minimum atomic E-state index is 0.100. The summed E-state index contributed by atoms with van der Waals surface area (Å²) in [6.07, 6.45) is 12.8. The first-order valence-corrected chi connectivity index (χ1v) is 16.6. The van der Waals surface area contributed by atoms with E-state index < -0.39 is 0 Å². The van der Waals surface area contributed by atoms with E-state index in [0.29, 0.717) is 43.2 Å². The molecule has 0 aliphatic carbocycles. The highest BCUT2D eigenvalue weighted by molar-refractivity contribution is 6.00. The lowest BCUT2D eigenvalue weighted by Crippen LogP contribution is -2.52. The van der Waals surface area contributed by atoms with Crippen LogP contribution in [0.2, 0.25) is 0 Å². The van der Waals surface area contributed by atoms with Gasteiger partial charge in [-0.1, -0.05) is 18.1 Å². The average molecular weight is 592 g/mol. The molecule has 7 heterocycles. The van der Waals surface area contributed by atoms with Gasteiger partial charge in [0.05, 0.1) is 17.8 Å². The lowest BCUT2D eigenvalue weighted by molar-refractivity contribution is 0.0854. The van der Waals surface area contributed by atoms with Crippen molar-refractivity contribution in [1.29, 1.82) is 0 Å². The first-order chi connectivity index (χ1) is 21.6. The second-order valence-electron chi connectivity index (χ2n) is 14.0. The number of terminal acetylenes is 1. The topological polar surface area (TPSA) is 89.0 Å². The molecule has 228 valence electrons. The summed E-state index contributed by atoms with van der Waals surface area (Å²) in [5.41, 5.74) is 4.14. The summed E-state index contributed by atoms with van der Waals surface area (Å²) in [5.74, 6) is 4.88. The highest BCUT2D eigenvalue weighted by Gasteiger charge is 2.55. The van der Waals surface area contributed by atoms with Gasteiger partial charge in [0.1, 0.15) is 18.2 Å². The highest BCUT2D eigenvalue weighted by Crippen LogP contribution is 2.47. The van der Waals surface area contributed by atoms with E-state index in [2.05, 4.69) is 31.3 Å². The van der Waals surface area contributed by atoms with Crippen molar-refractivity contribution < 1.29 is 9.84 Å². The fourth-order valence-corrected chi connectivity index (χ4v) is 9.54. The molecule has 9 nitrogen and oxygen atoms in total. The van der Waals surface area contributed by atoms with Gasteiger partial charge >= 0.3 is 6.01 Å². The fourth-order valence-electron chi connectivity index (χ4n) is 9.54. The van der Waals surface area contributed by atoms with Crippen LogP contribution in [0.5, 0.6) is 11.8 Å². The Labute approximate surface area is 259 Å². The lowest BCUT2D eigenvalue weighted by Gasteiger charge is -2.38. The molecule has 2 aromatic carbocycles. The first-order valence-electron chi connectivity index (χ1n) is 16.6. The van der Waals surface area contributed by atoms with Crippen LogP contribution in [0.1, 0.15) is 48.9 Å². The molecule has 2 bridgehead atoms. The smallest absolute Gasteiger partial charge is 0.318 e. The van der Waals surface area contributed by atoms with Crippen molar-refractivity contribution in [3.63, 3.8) is 0 Å². The highest BCUT2D eigenvalue weighted by atomic mass is 16.5. The summed E-state index contributed by atoms with van der Waals surface area (Å²) in [7, 11) is 0. The maximum absolute atomic E-state index is 10.7. The number of anilines is 2. The van der Waals surface area contributed by atoms with Gasteiger partial charge in [0.15, 0.2) is 0 Å². The quantitative estimate of drug-likeness (QED) is 0.388. The van der Waals surface area contributed by atoms with Crippen molar-refractivity contribution >= 4 is 22.3 Å². The molecule has 9 heteroatoms. The molecule has 5 saturated heterocycles. The number of fused-ring (bicyclic) bond motifs is 7. The molecular formula is C35H41N7O2.